The van der Waals surface area contributed by atoms with Gasteiger partial charge in [-0.3, -0.25) is 9.59 Å². The van der Waals surface area contributed by atoms with E-state index in [0.717, 1.165) is 34.7 Å². The van der Waals surface area contributed by atoms with Crippen molar-refractivity contribution in [2.75, 3.05) is 0 Å². The third-order valence-electron chi connectivity index (χ3n) is 4.05. The molecule has 2 aromatic carbocycles. The van der Waals surface area contributed by atoms with Gasteiger partial charge in [0.15, 0.2) is 11.5 Å². The Morgan fingerprint density at radius 2 is 1.75 bits per heavy atom. The fraction of sp³-hybridized carbons (Fsp3) is 0.400. The maximum absolute atomic E-state index is 11.6. The molecule has 0 amide bonds. The molecule has 0 heterocycles. The van der Waals surface area contributed by atoms with Crippen LogP contribution in [-0.4, -0.2) is 12.4 Å². The molecule has 4 nitrogen and oxygen atoms in total. The van der Waals surface area contributed by atoms with Crippen molar-refractivity contribution in [1.29, 1.82) is 0 Å². The van der Waals surface area contributed by atoms with E-state index in [1.165, 1.54) is 6.92 Å². The molecule has 0 fully saturated rings. The van der Waals surface area contributed by atoms with Crippen molar-refractivity contribution in [1.82, 2.24) is 0 Å². The number of esters is 1. The smallest absolute Gasteiger partial charge is 0.308 e. The highest BCUT2D eigenvalue weighted by molar-refractivity contribution is 5.96. The zero-order chi connectivity index (χ0) is 17.9. The molecule has 2 rings (SSSR count). The molecule has 0 aliphatic heterocycles. The zero-order valence-electron chi connectivity index (χ0n) is 14.9. The highest BCUT2D eigenvalue weighted by Gasteiger charge is 2.22. The highest BCUT2D eigenvalue weighted by atomic mass is 16.6. The standard InChI is InChI=1S/C20H24O4/c1-13-15-8-6-7-9-17(15)18(23-12-21)19(24-14(2)22)16(13)10-11-20(3,4)5/h6-9,12H,10-11H2,1-5H3. The quantitative estimate of drug-likeness (QED) is 0.458. The lowest BCUT2D eigenvalue weighted by atomic mass is 9.86. The summed E-state index contributed by atoms with van der Waals surface area (Å²) < 4.78 is 10.7. The van der Waals surface area contributed by atoms with Gasteiger partial charge in [0.2, 0.25) is 0 Å². The number of fused-ring (bicyclic) bond motifs is 1. The molecular formula is C20H24O4. The molecule has 0 aromatic heterocycles. The van der Waals surface area contributed by atoms with E-state index < -0.39 is 5.97 Å². The number of hydrogen-bond donors (Lipinski definition) is 0. The first-order valence-corrected chi connectivity index (χ1v) is 8.07. The second-order valence-electron chi connectivity index (χ2n) is 7.18. The second-order valence-corrected chi connectivity index (χ2v) is 7.18. The lowest BCUT2D eigenvalue weighted by Crippen LogP contribution is -2.11. The Bertz CT molecular complexity index is 769. The average Bonchev–Trinajstić information content (AvgIpc) is 2.49. The van der Waals surface area contributed by atoms with Gasteiger partial charge >= 0.3 is 5.97 Å². The summed E-state index contributed by atoms with van der Waals surface area (Å²) in [4.78, 5) is 22.6. The van der Waals surface area contributed by atoms with Gasteiger partial charge in [0.05, 0.1) is 0 Å². The largest absolute Gasteiger partial charge is 0.424 e. The molecule has 0 N–H and O–H groups in total. The number of rotatable bonds is 5. The first kappa shape index (κ1) is 18.0. The maximum Gasteiger partial charge on any atom is 0.308 e. The molecule has 0 atom stereocenters. The van der Waals surface area contributed by atoms with E-state index in [9.17, 15) is 9.59 Å². The summed E-state index contributed by atoms with van der Waals surface area (Å²) in [5, 5.41) is 1.76. The predicted molar refractivity (Wildman–Crippen MR) is 94.5 cm³/mol. The normalized spacial score (nSPS) is 11.4. The summed E-state index contributed by atoms with van der Waals surface area (Å²) in [7, 11) is 0. The Morgan fingerprint density at radius 3 is 2.29 bits per heavy atom. The average molecular weight is 328 g/mol. The van der Waals surface area contributed by atoms with Crippen LogP contribution in [0.3, 0.4) is 0 Å². The van der Waals surface area contributed by atoms with E-state index in [2.05, 4.69) is 20.8 Å². The van der Waals surface area contributed by atoms with Crippen LogP contribution in [-0.2, 0) is 16.0 Å². The van der Waals surface area contributed by atoms with Crippen LogP contribution < -0.4 is 9.47 Å². The van der Waals surface area contributed by atoms with Crippen molar-refractivity contribution < 1.29 is 19.1 Å². The Balaban J connectivity index is 2.73. The molecule has 0 aliphatic rings. The van der Waals surface area contributed by atoms with Crippen LogP contribution in [0, 0.1) is 12.3 Å². The van der Waals surface area contributed by atoms with Gasteiger partial charge in [0.1, 0.15) is 0 Å². The Morgan fingerprint density at radius 1 is 1.12 bits per heavy atom. The summed E-state index contributed by atoms with van der Waals surface area (Å²) in [5.74, 6) is 0.234. The number of carbonyl (C=O) groups excluding carboxylic acids is 2. The van der Waals surface area contributed by atoms with Crippen molar-refractivity contribution in [3.8, 4) is 11.5 Å². The van der Waals surface area contributed by atoms with Gasteiger partial charge in [0.25, 0.3) is 6.47 Å². The fourth-order valence-corrected chi connectivity index (χ4v) is 2.82. The van der Waals surface area contributed by atoms with Crippen LogP contribution in [0.4, 0.5) is 0 Å². The summed E-state index contributed by atoms with van der Waals surface area (Å²) >= 11 is 0. The number of benzene rings is 2. The van der Waals surface area contributed by atoms with E-state index in [4.69, 9.17) is 9.47 Å². The van der Waals surface area contributed by atoms with Crippen molar-refractivity contribution in [2.24, 2.45) is 5.41 Å². The highest BCUT2D eigenvalue weighted by Crippen LogP contribution is 2.43. The number of ether oxygens (including phenoxy) is 2. The molecule has 0 saturated carbocycles. The lowest BCUT2D eigenvalue weighted by molar-refractivity contribution is -0.132. The molecule has 128 valence electrons. The molecule has 2 aromatic rings. The van der Waals surface area contributed by atoms with Gasteiger partial charge < -0.3 is 9.47 Å². The van der Waals surface area contributed by atoms with Gasteiger partial charge in [0, 0.05) is 17.9 Å². The van der Waals surface area contributed by atoms with E-state index in [0.29, 0.717) is 18.0 Å². The number of aryl methyl sites for hydroxylation is 1. The van der Waals surface area contributed by atoms with Crippen molar-refractivity contribution in [3.63, 3.8) is 0 Å². The predicted octanol–water partition coefficient (Wildman–Crippen LogP) is 4.59. The topological polar surface area (TPSA) is 52.6 Å². The number of carbonyl (C=O) groups is 2. The lowest BCUT2D eigenvalue weighted by Gasteiger charge is -2.22. The van der Waals surface area contributed by atoms with Gasteiger partial charge in [-0.2, -0.15) is 0 Å². The molecule has 0 saturated heterocycles. The van der Waals surface area contributed by atoms with E-state index in [-0.39, 0.29) is 5.41 Å². The van der Waals surface area contributed by atoms with Crippen LogP contribution >= 0.6 is 0 Å². The third kappa shape index (κ3) is 3.94. The van der Waals surface area contributed by atoms with Crippen LogP contribution in [0.1, 0.15) is 45.2 Å². The molecule has 0 radical (unpaired) electrons. The Hall–Kier alpha value is -2.36. The molecule has 0 aliphatic carbocycles. The Kier molecular flexibility index (Phi) is 5.27. The molecule has 0 unspecified atom stereocenters. The third-order valence-corrected chi connectivity index (χ3v) is 4.05. The molecule has 0 bridgehead atoms. The summed E-state index contributed by atoms with van der Waals surface area (Å²) in [5.41, 5.74) is 2.09. The van der Waals surface area contributed by atoms with Crippen LogP contribution in [0.15, 0.2) is 24.3 Å². The minimum absolute atomic E-state index is 0.136. The SMILES string of the molecule is CC(=O)Oc1c(CCC(C)(C)C)c(C)c2ccccc2c1OC=O. The molecule has 0 spiro atoms. The first-order chi connectivity index (χ1) is 11.2. The monoisotopic (exact) mass is 328 g/mol. The maximum atomic E-state index is 11.6. The van der Waals surface area contributed by atoms with Crippen molar-refractivity contribution in [2.45, 2.75) is 47.5 Å². The van der Waals surface area contributed by atoms with Crippen molar-refractivity contribution in [3.05, 3.63) is 35.4 Å². The number of hydrogen-bond acceptors (Lipinski definition) is 4. The van der Waals surface area contributed by atoms with E-state index in [1.54, 1.807) is 0 Å². The minimum atomic E-state index is -0.433. The molecular weight excluding hydrogens is 304 g/mol. The second kappa shape index (κ2) is 7.04. The van der Waals surface area contributed by atoms with E-state index in [1.807, 2.05) is 31.2 Å². The summed E-state index contributed by atoms with van der Waals surface area (Å²) in [6.07, 6.45) is 1.65. The Labute approximate surface area is 142 Å². The van der Waals surface area contributed by atoms with Gasteiger partial charge in [-0.1, -0.05) is 45.0 Å². The first-order valence-electron chi connectivity index (χ1n) is 8.07. The van der Waals surface area contributed by atoms with Crippen LogP contribution in [0.25, 0.3) is 10.8 Å². The van der Waals surface area contributed by atoms with Gasteiger partial charge in [-0.15, -0.1) is 0 Å². The van der Waals surface area contributed by atoms with Crippen molar-refractivity contribution >= 4 is 23.2 Å². The fourth-order valence-electron chi connectivity index (χ4n) is 2.82. The molecule has 4 heteroatoms. The summed E-state index contributed by atoms with van der Waals surface area (Å²) in [6.45, 7) is 10.2. The van der Waals surface area contributed by atoms with Crippen LogP contribution in [0.2, 0.25) is 0 Å². The van der Waals surface area contributed by atoms with Gasteiger partial charge in [-0.05, 0) is 36.1 Å². The van der Waals surface area contributed by atoms with E-state index >= 15 is 0 Å². The van der Waals surface area contributed by atoms with Crippen LogP contribution in [0.5, 0.6) is 11.5 Å². The van der Waals surface area contributed by atoms with Gasteiger partial charge in [-0.25, -0.2) is 0 Å². The zero-order valence-corrected chi connectivity index (χ0v) is 14.9. The molecule has 24 heavy (non-hydrogen) atoms. The minimum Gasteiger partial charge on any atom is -0.424 e. The summed E-state index contributed by atoms with van der Waals surface area (Å²) in [6, 6.07) is 7.66.